The monoisotopic (exact) mass is 285 g/mol. The highest BCUT2D eigenvalue weighted by atomic mass is 79.9. The topological polar surface area (TPSA) is 29.5 Å². The first kappa shape index (κ1) is 13.0. The largest absolute Gasteiger partial charge is 0.496 e. The smallest absolute Gasteiger partial charge is 0.222 e. The number of ether oxygens (including phenoxy) is 1. The summed E-state index contributed by atoms with van der Waals surface area (Å²) >= 11 is 3.41. The van der Waals surface area contributed by atoms with Crippen molar-refractivity contribution in [2.75, 3.05) is 14.2 Å². The van der Waals surface area contributed by atoms with Gasteiger partial charge in [-0.15, -0.1) is 0 Å². The van der Waals surface area contributed by atoms with E-state index in [0.29, 0.717) is 13.0 Å². The molecule has 0 aromatic heterocycles. The highest BCUT2D eigenvalue weighted by Crippen LogP contribution is 2.24. The summed E-state index contributed by atoms with van der Waals surface area (Å²) in [4.78, 5) is 13.2. The number of amides is 1. The molecule has 1 amide bonds. The number of nitrogens with zero attached hydrogens (tertiary/aromatic N) is 1. The van der Waals surface area contributed by atoms with E-state index >= 15 is 0 Å². The highest BCUT2D eigenvalue weighted by molar-refractivity contribution is 9.10. The van der Waals surface area contributed by atoms with Crippen LogP contribution in [0.4, 0.5) is 0 Å². The first-order valence-corrected chi connectivity index (χ1v) is 5.94. The lowest BCUT2D eigenvalue weighted by molar-refractivity contribution is -0.130. The normalized spacial score (nSPS) is 10.0. The third kappa shape index (κ3) is 3.23. The molecule has 0 bridgehead atoms. The predicted octanol–water partition coefficient (Wildman–Crippen LogP) is 2.83. The lowest BCUT2D eigenvalue weighted by atomic mass is 10.2. The Balaban J connectivity index is 2.86. The molecule has 0 aliphatic heterocycles. The molecule has 3 nitrogen and oxygen atoms in total. The minimum absolute atomic E-state index is 0.127. The Morgan fingerprint density at radius 1 is 1.50 bits per heavy atom. The third-order valence-electron chi connectivity index (χ3n) is 2.38. The number of rotatable bonds is 4. The van der Waals surface area contributed by atoms with Crippen LogP contribution in [0.25, 0.3) is 0 Å². The Hall–Kier alpha value is -1.03. The second-order valence-electron chi connectivity index (χ2n) is 3.56. The molecule has 0 radical (unpaired) electrons. The fourth-order valence-electron chi connectivity index (χ4n) is 1.48. The molecule has 0 aliphatic carbocycles. The van der Waals surface area contributed by atoms with Gasteiger partial charge in [-0.1, -0.05) is 22.9 Å². The maximum atomic E-state index is 11.5. The second kappa shape index (κ2) is 5.89. The number of methoxy groups -OCH3 is 1. The van der Waals surface area contributed by atoms with Crippen molar-refractivity contribution in [2.45, 2.75) is 19.9 Å². The number of hydrogen-bond donors (Lipinski definition) is 0. The van der Waals surface area contributed by atoms with Crippen LogP contribution in [0.5, 0.6) is 5.75 Å². The van der Waals surface area contributed by atoms with Crippen molar-refractivity contribution in [3.05, 3.63) is 28.2 Å². The van der Waals surface area contributed by atoms with E-state index in [0.717, 1.165) is 15.8 Å². The lowest BCUT2D eigenvalue weighted by Crippen LogP contribution is -2.25. The minimum atomic E-state index is 0.127. The van der Waals surface area contributed by atoms with E-state index in [1.807, 2.05) is 25.1 Å². The summed E-state index contributed by atoms with van der Waals surface area (Å²) in [7, 11) is 3.43. The zero-order valence-electron chi connectivity index (χ0n) is 9.79. The highest BCUT2D eigenvalue weighted by Gasteiger charge is 2.10. The Labute approximate surface area is 105 Å². The molecule has 0 unspecified atom stereocenters. The molecule has 0 fully saturated rings. The summed E-state index contributed by atoms with van der Waals surface area (Å²) in [6, 6.07) is 5.78. The fourth-order valence-corrected chi connectivity index (χ4v) is 1.89. The van der Waals surface area contributed by atoms with Gasteiger partial charge in [-0.2, -0.15) is 0 Å². The molecule has 0 atom stereocenters. The second-order valence-corrected chi connectivity index (χ2v) is 4.48. The van der Waals surface area contributed by atoms with Crippen LogP contribution in [-0.2, 0) is 11.3 Å². The van der Waals surface area contributed by atoms with Gasteiger partial charge in [-0.25, -0.2) is 0 Å². The fraction of sp³-hybridized carbons (Fsp3) is 0.417. The van der Waals surface area contributed by atoms with Gasteiger partial charge in [0.05, 0.1) is 7.11 Å². The zero-order valence-corrected chi connectivity index (χ0v) is 11.4. The van der Waals surface area contributed by atoms with Crippen molar-refractivity contribution in [3.8, 4) is 5.75 Å². The molecule has 0 spiro atoms. The first-order chi connectivity index (χ1) is 7.58. The SMILES string of the molecule is CCC(=O)N(C)Cc1cc(Br)ccc1OC. The van der Waals surface area contributed by atoms with Crippen molar-refractivity contribution in [1.82, 2.24) is 4.90 Å². The Bertz CT molecular complexity index is 379. The summed E-state index contributed by atoms with van der Waals surface area (Å²) < 4.78 is 6.24. The van der Waals surface area contributed by atoms with E-state index in [2.05, 4.69) is 15.9 Å². The van der Waals surface area contributed by atoms with Crippen LogP contribution in [0.1, 0.15) is 18.9 Å². The van der Waals surface area contributed by atoms with E-state index in [4.69, 9.17) is 4.74 Å². The van der Waals surface area contributed by atoms with Crippen LogP contribution in [-0.4, -0.2) is 25.0 Å². The van der Waals surface area contributed by atoms with Crippen LogP contribution in [0.3, 0.4) is 0 Å². The molecule has 0 saturated heterocycles. The van der Waals surface area contributed by atoms with Gasteiger partial charge in [-0.05, 0) is 18.2 Å². The molecule has 0 saturated carbocycles. The van der Waals surface area contributed by atoms with Gasteiger partial charge in [-0.3, -0.25) is 4.79 Å². The molecule has 1 aromatic carbocycles. The molecule has 0 N–H and O–H groups in total. The molecule has 1 aromatic rings. The molecular weight excluding hydrogens is 270 g/mol. The van der Waals surface area contributed by atoms with Crippen LogP contribution in [0, 0.1) is 0 Å². The molecule has 1 rings (SSSR count). The van der Waals surface area contributed by atoms with E-state index in [1.165, 1.54) is 0 Å². The Kier molecular flexibility index (Phi) is 4.80. The molecule has 88 valence electrons. The summed E-state index contributed by atoms with van der Waals surface area (Å²) in [6.07, 6.45) is 0.521. The van der Waals surface area contributed by atoms with Gasteiger partial charge in [0.2, 0.25) is 5.91 Å². The maximum Gasteiger partial charge on any atom is 0.222 e. The van der Waals surface area contributed by atoms with Crippen molar-refractivity contribution >= 4 is 21.8 Å². The number of halogens is 1. The summed E-state index contributed by atoms with van der Waals surface area (Å²) in [5.41, 5.74) is 1.00. The van der Waals surface area contributed by atoms with E-state index in [1.54, 1.807) is 19.1 Å². The van der Waals surface area contributed by atoms with E-state index in [9.17, 15) is 4.79 Å². The minimum Gasteiger partial charge on any atom is -0.496 e. The average Bonchev–Trinajstić information content (AvgIpc) is 2.28. The van der Waals surface area contributed by atoms with Crippen molar-refractivity contribution in [1.29, 1.82) is 0 Å². The van der Waals surface area contributed by atoms with Gasteiger partial charge in [0, 0.05) is 30.0 Å². The average molecular weight is 286 g/mol. The van der Waals surface area contributed by atoms with Crippen molar-refractivity contribution in [3.63, 3.8) is 0 Å². The zero-order chi connectivity index (χ0) is 12.1. The number of benzene rings is 1. The van der Waals surface area contributed by atoms with Gasteiger partial charge in [0.25, 0.3) is 0 Å². The van der Waals surface area contributed by atoms with E-state index < -0.39 is 0 Å². The van der Waals surface area contributed by atoms with Crippen LogP contribution < -0.4 is 4.74 Å². The predicted molar refractivity (Wildman–Crippen MR) is 67.5 cm³/mol. The quantitative estimate of drug-likeness (QED) is 0.851. The van der Waals surface area contributed by atoms with Gasteiger partial charge in [0.1, 0.15) is 5.75 Å². The van der Waals surface area contributed by atoms with Crippen molar-refractivity contribution in [2.24, 2.45) is 0 Å². The van der Waals surface area contributed by atoms with Crippen LogP contribution in [0.15, 0.2) is 22.7 Å². The standard InChI is InChI=1S/C12H16BrNO2/c1-4-12(15)14(2)8-9-7-10(13)5-6-11(9)16-3/h5-7H,4,8H2,1-3H3. The van der Waals surface area contributed by atoms with Crippen LogP contribution in [0.2, 0.25) is 0 Å². The molecule has 0 heterocycles. The van der Waals surface area contributed by atoms with Gasteiger partial charge < -0.3 is 9.64 Å². The first-order valence-electron chi connectivity index (χ1n) is 5.14. The number of carbonyl (C=O) groups excluding carboxylic acids is 1. The Morgan fingerprint density at radius 3 is 2.75 bits per heavy atom. The van der Waals surface area contributed by atoms with Gasteiger partial charge >= 0.3 is 0 Å². The number of carbonyl (C=O) groups is 1. The number of hydrogen-bond acceptors (Lipinski definition) is 2. The summed E-state index contributed by atoms with van der Waals surface area (Å²) in [5, 5.41) is 0. The maximum absolute atomic E-state index is 11.5. The molecule has 0 aliphatic rings. The molecular formula is C12H16BrNO2. The van der Waals surface area contributed by atoms with Gasteiger partial charge in [0.15, 0.2) is 0 Å². The summed E-state index contributed by atoms with van der Waals surface area (Å²) in [5.74, 6) is 0.931. The molecule has 4 heteroatoms. The summed E-state index contributed by atoms with van der Waals surface area (Å²) in [6.45, 7) is 2.42. The third-order valence-corrected chi connectivity index (χ3v) is 2.87. The van der Waals surface area contributed by atoms with E-state index in [-0.39, 0.29) is 5.91 Å². The lowest BCUT2D eigenvalue weighted by Gasteiger charge is -2.18. The molecule has 16 heavy (non-hydrogen) atoms. The van der Waals surface area contributed by atoms with Crippen LogP contribution >= 0.6 is 15.9 Å². The van der Waals surface area contributed by atoms with Crippen molar-refractivity contribution < 1.29 is 9.53 Å². The Morgan fingerprint density at radius 2 is 2.19 bits per heavy atom.